The summed E-state index contributed by atoms with van der Waals surface area (Å²) in [6.45, 7) is 6.19. The Morgan fingerprint density at radius 1 is 0.854 bits per heavy atom. The first kappa shape index (κ1) is 25.8. The number of para-hydroxylation sites is 2. The van der Waals surface area contributed by atoms with Crippen molar-refractivity contribution in [2.45, 2.75) is 6.92 Å². The zero-order valence-corrected chi connectivity index (χ0v) is 22.6. The molecule has 6 rings (SSSR count). The molecular formula is C35H28N4O2. The number of benzene rings is 4. The quantitative estimate of drug-likeness (QED) is 0.155. The Kier molecular flexibility index (Phi) is 7.11. The first-order chi connectivity index (χ1) is 20.1. The summed E-state index contributed by atoms with van der Waals surface area (Å²) in [4.78, 5) is 13.9. The van der Waals surface area contributed by atoms with Gasteiger partial charge in [0, 0.05) is 22.9 Å². The maximum absolute atomic E-state index is 13.9. The van der Waals surface area contributed by atoms with Gasteiger partial charge in [0.05, 0.1) is 16.9 Å². The summed E-state index contributed by atoms with van der Waals surface area (Å²) in [5.41, 5.74) is 7.11. The minimum absolute atomic E-state index is 0.196. The second kappa shape index (κ2) is 11.3. The van der Waals surface area contributed by atoms with Crippen LogP contribution < -0.4 is 9.75 Å². The van der Waals surface area contributed by atoms with Crippen LogP contribution in [0.1, 0.15) is 16.7 Å². The van der Waals surface area contributed by atoms with E-state index in [1.54, 1.807) is 6.08 Å². The highest BCUT2D eigenvalue weighted by atomic mass is 16.5. The van der Waals surface area contributed by atoms with E-state index in [-0.39, 0.29) is 5.91 Å². The lowest BCUT2D eigenvalue weighted by molar-refractivity contribution is -0.114. The predicted molar refractivity (Wildman–Crippen MR) is 164 cm³/mol. The Morgan fingerprint density at radius 3 is 2.17 bits per heavy atom. The van der Waals surface area contributed by atoms with Crippen molar-refractivity contribution in [3.63, 3.8) is 0 Å². The van der Waals surface area contributed by atoms with Crippen LogP contribution in [0.3, 0.4) is 0 Å². The predicted octanol–water partition coefficient (Wildman–Crippen LogP) is 7.25. The van der Waals surface area contributed by atoms with Gasteiger partial charge in [-0.1, -0.05) is 79.4 Å². The third-order valence-electron chi connectivity index (χ3n) is 6.81. The van der Waals surface area contributed by atoms with Gasteiger partial charge in [0.2, 0.25) is 0 Å². The Labute approximate surface area is 239 Å². The Hall–Kier alpha value is -5.49. The van der Waals surface area contributed by atoms with Gasteiger partial charge >= 0.3 is 0 Å². The normalized spacial score (nSPS) is 13.9. The highest BCUT2D eigenvalue weighted by Crippen LogP contribution is 2.33. The largest absolute Gasteiger partial charge is 0.490 e. The van der Waals surface area contributed by atoms with Crippen LogP contribution in [0.5, 0.6) is 5.75 Å². The number of carbonyl (C=O) groups excluding carboxylic acids is 1. The number of aromatic nitrogens is 2. The van der Waals surface area contributed by atoms with Crippen molar-refractivity contribution in [3.8, 4) is 22.7 Å². The average molecular weight is 537 g/mol. The summed E-state index contributed by atoms with van der Waals surface area (Å²) in [6, 6.07) is 35.1. The topological polar surface area (TPSA) is 59.7 Å². The van der Waals surface area contributed by atoms with Gasteiger partial charge in [-0.25, -0.2) is 4.68 Å². The van der Waals surface area contributed by atoms with Crippen molar-refractivity contribution < 1.29 is 9.53 Å². The fourth-order valence-corrected chi connectivity index (χ4v) is 4.82. The molecule has 0 radical (unpaired) electrons. The second-order valence-corrected chi connectivity index (χ2v) is 9.61. The number of carbonyl (C=O) groups is 1. The van der Waals surface area contributed by atoms with E-state index in [1.165, 1.54) is 5.01 Å². The van der Waals surface area contributed by atoms with E-state index in [9.17, 15) is 4.79 Å². The van der Waals surface area contributed by atoms with Crippen LogP contribution in [0.4, 0.5) is 5.69 Å². The van der Waals surface area contributed by atoms with Crippen molar-refractivity contribution in [3.05, 3.63) is 150 Å². The van der Waals surface area contributed by atoms with Crippen LogP contribution in [0.25, 0.3) is 23.0 Å². The minimum atomic E-state index is -0.196. The number of hydrogen-bond donors (Lipinski definition) is 0. The van der Waals surface area contributed by atoms with Gasteiger partial charge in [-0.3, -0.25) is 4.79 Å². The third-order valence-corrected chi connectivity index (χ3v) is 6.81. The smallest absolute Gasteiger partial charge is 0.281 e. The molecule has 1 aliphatic rings. The van der Waals surface area contributed by atoms with Gasteiger partial charge in [-0.05, 0) is 61.0 Å². The van der Waals surface area contributed by atoms with Gasteiger partial charge in [0.15, 0.2) is 0 Å². The van der Waals surface area contributed by atoms with Crippen molar-refractivity contribution >= 4 is 23.4 Å². The summed E-state index contributed by atoms with van der Waals surface area (Å²) in [7, 11) is 0. The molecule has 200 valence electrons. The number of nitrogens with zero attached hydrogens (tertiary/aromatic N) is 4. The second-order valence-electron chi connectivity index (χ2n) is 9.61. The summed E-state index contributed by atoms with van der Waals surface area (Å²) in [5.74, 6) is 0.565. The van der Waals surface area contributed by atoms with E-state index >= 15 is 0 Å². The summed E-state index contributed by atoms with van der Waals surface area (Å²) in [5, 5.41) is 11.3. The van der Waals surface area contributed by atoms with E-state index < -0.39 is 0 Å². The minimum Gasteiger partial charge on any atom is -0.490 e. The van der Waals surface area contributed by atoms with Crippen LogP contribution in [-0.4, -0.2) is 28.0 Å². The highest BCUT2D eigenvalue weighted by Gasteiger charge is 2.32. The molecule has 0 fully saturated rings. The summed E-state index contributed by atoms with van der Waals surface area (Å²) < 4.78 is 7.59. The zero-order chi connectivity index (χ0) is 28.2. The molecule has 1 amide bonds. The fourth-order valence-electron chi connectivity index (χ4n) is 4.82. The number of hydrazone groups is 1. The monoisotopic (exact) mass is 536 g/mol. The lowest BCUT2D eigenvalue weighted by Crippen LogP contribution is -2.21. The SMILES string of the molecule is C=CCOc1ccc(-c2nn(-c3ccccc3)cc2/C=C2\C(=O)N(c3ccccc3)N=C2c2ccccc2)c(C)c1. The van der Waals surface area contributed by atoms with Crippen LogP contribution in [-0.2, 0) is 4.79 Å². The van der Waals surface area contributed by atoms with Crippen LogP contribution in [0.2, 0.25) is 0 Å². The van der Waals surface area contributed by atoms with Gasteiger partial charge in [0.25, 0.3) is 5.91 Å². The van der Waals surface area contributed by atoms with Gasteiger partial charge < -0.3 is 4.74 Å². The molecule has 5 aromatic rings. The molecule has 1 aromatic heterocycles. The van der Waals surface area contributed by atoms with Crippen molar-refractivity contribution in [1.82, 2.24) is 9.78 Å². The van der Waals surface area contributed by atoms with Crippen LogP contribution >= 0.6 is 0 Å². The first-order valence-corrected chi connectivity index (χ1v) is 13.4. The fraction of sp³-hybridized carbons (Fsp3) is 0.0571. The molecule has 4 aromatic carbocycles. The third kappa shape index (κ3) is 5.23. The molecule has 0 saturated carbocycles. The molecular weight excluding hydrogens is 508 g/mol. The number of anilines is 1. The van der Waals surface area contributed by atoms with Crippen molar-refractivity contribution in [2.75, 3.05) is 11.6 Å². The van der Waals surface area contributed by atoms with Crippen molar-refractivity contribution in [1.29, 1.82) is 0 Å². The molecule has 0 N–H and O–H groups in total. The van der Waals surface area contributed by atoms with E-state index in [0.717, 1.165) is 39.4 Å². The maximum Gasteiger partial charge on any atom is 0.281 e. The molecule has 1 aliphatic heterocycles. The Bertz CT molecular complexity index is 1770. The Balaban J connectivity index is 1.51. The molecule has 41 heavy (non-hydrogen) atoms. The standard InChI is InChI=1S/C35H28N4O2/c1-3-21-41-30-19-20-31(25(2)22-30)34-27(24-38(36-34)28-15-9-5-10-16-28)23-32-33(26-13-7-4-8-14-26)37-39(35(32)40)29-17-11-6-12-18-29/h3-20,22-24H,1,21H2,2H3/b32-23-. The number of amides is 1. The lowest BCUT2D eigenvalue weighted by Gasteiger charge is -2.11. The van der Waals surface area contributed by atoms with E-state index in [4.69, 9.17) is 14.9 Å². The molecule has 6 nitrogen and oxygen atoms in total. The zero-order valence-electron chi connectivity index (χ0n) is 22.6. The van der Waals surface area contributed by atoms with Gasteiger partial charge in [0.1, 0.15) is 23.8 Å². The summed E-state index contributed by atoms with van der Waals surface area (Å²) >= 11 is 0. The Morgan fingerprint density at radius 2 is 1.51 bits per heavy atom. The molecule has 0 atom stereocenters. The molecule has 6 heteroatoms. The van der Waals surface area contributed by atoms with Crippen LogP contribution in [0.15, 0.2) is 139 Å². The van der Waals surface area contributed by atoms with E-state index in [2.05, 4.69) is 6.58 Å². The van der Waals surface area contributed by atoms with Crippen LogP contribution in [0, 0.1) is 6.92 Å². The number of hydrogen-bond acceptors (Lipinski definition) is 4. The number of aryl methyl sites for hydroxylation is 1. The van der Waals surface area contributed by atoms with Gasteiger partial charge in [-0.15, -0.1) is 0 Å². The lowest BCUT2D eigenvalue weighted by atomic mass is 9.97. The molecule has 2 heterocycles. The molecule has 0 bridgehead atoms. The molecule has 0 aliphatic carbocycles. The maximum atomic E-state index is 13.9. The molecule has 0 saturated heterocycles. The molecule has 0 spiro atoms. The highest BCUT2D eigenvalue weighted by molar-refractivity contribution is 6.37. The first-order valence-electron chi connectivity index (χ1n) is 13.4. The average Bonchev–Trinajstić information content (AvgIpc) is 3.58. The van der Waals surface area contributed by atoms with Gasteiger partial charge in [-0.2, -0.15) is 15.2 Å². The number of rotatable bonds is 8. The summed E-state index contributed by atoms with van der Waals surface area (Å²) in [6.07, 6.45) is 5.58. The molecule has 0 unspecified atom stereocenters. The van der Waals surface area contributed by atoms with E-state index in [1.807, 2.05) is 133 Å². The van der Waals surface area contributed by atoms with E-state index in [0.29, 0.717) is 23.6 Å². The number of ether oxygens (including phenoxy) is 1. The van der Waals surface area contributed by atoms with Crippen molar-refractivity contribution in [2.24, 2.45) is 5.10 Å².